The third-order valence-corrected chi connectivity index (χ3v) is 12.3. The maximum absolute atomic E-state index is 12.0. The van der Waals surface area contributed by atoms with Crippen molar-refractivity contribution in [1.29, 1.82) is 0 Å². The quantitative estimate of drug-likeness (QED) is 0.0267. The van der Waals surface area contributed by atoms with Crippen LogP contribution < -0.4 is 0 Å². The van der Waals surface area contributed by atoms with Crippen LogP contribution in [0.25, 0.3) is 0 Å². The molecule has 0 aromatic rings. The highest BCUT2D eigenvalue weighted by Crippen LogP contribution is 2.32. The maximum atomic E-state index is 12.0. The van der Waals surface area contributed by atoms with Crippen molar-refractivity contribution >= 4 is 23.9 Å². The molecule has 1 atom stereocenters. The number of hydrogen-bond donors (Lipinski definition) is 2. The van der Waals surface area contributed by atoms with Gasteiger partial charge in [-0.25, -0.2) is 0 Å². The molecule has 0 aliphatic heterocycles. The van der Waals surface area contributed by atoms with E-state index in [0.29, 0.717) is 13.0 Å². The Hall–Kier alpha value is -2.64. The summed E-state index contributed by atoms with van der Waals surface area (Å²) in [6.45, 7) is 9.40. The van der Waals surface area contributed by atoms with Gasteiger partial charge in [0, 0.05) is 0 Å². The number of hydrogen-bond acceptors (Lipinski definition) is 6. The Labute approximate surface area is 395 Å². The van der Waals surface area contributed by atoms with Gasteiger partial charge < -0.3 is 19.7 Å². The molecule has 0 aromatic carbocycles. The molecule has 376 valence electrons. The fraction of sp³-hybridized carbons (Fsp3) is 0.857. The number of unbranched alkanes of at least 4 members (excludes halogenated alkanes) is 34. The molecule has 0 saturated heterocycles. The van der Waals surface area contributed by atoms with Crippen LogP contribution in [0.1, 0.15) is 297 Å². The second-order valence-corrected chi connectivity index (χ2v) is 18.7. The summed E-state index contributed by atoms with van der Waals surface area (Å²) >= 11 is 0. The Morgan fingerprint density at radius 1 is 0.422 bits per heavy atom. The van der Waals surface area contributed by atoms with Crippen LogP contribution in [0.3, 0.4) is 0 Å². The van der Waals surface area contributed by atoms with Crippen molar-refractivity contribution in [2.24, 2.45) is 5.41 Å². The van der Waals surface area contributed by atoms with E-state index in [0.717, 1.165) is 64.2 Å². The highest BCUT2D eigenvalue weighted by Gasteiger charge is 2.37. The van der Waals surface area contributed by atoms with Crippen LogP contribution >= 0.6 is 0 Å². The fourth-order valence-electron chi connectivity index (χ4n) is 8.09. The molecular formula is C56H104O8. The van der Waals surface area contributed by atoms with Crippen LogP contribution in [0.5, 0.6) is 0 Å². The molecule has 0 aromatic heterocycles. The molecule has 0 amide bonds. The topological polar surface area (TPSA) is 127 Å². The number of aliphatic carboxylic acids is 2. The summed E-state index contributed by atoms with van der Waals surface area (Å²) in [5.74, 6) is -2.70. The first-order valence-corrected chi connectivity index (χ1v) is 27.3. The van der Waals surface area contributed by atoms with E-state index < -0.39 is 17.4 Å². The first-order chi connectivity index (χ1) is 31.2. The third kappa shape index (κ3) is 47.3. The molecule has 0 radical (unpaired) electrons. The minimum atomic E-state index is -1.26. The van der Waals surface area contributed by atoms with Crippen molar-refractivity contribution in [3.63, 3.8) is 0 Å². The van der Waals surface area contributed by atoms with Gasteiger partial charge in [0.1, 0.15) is 0 Å². The molecule has 0 aliphatic rings. The van der Waals surface area contributed by atoms with Gasteiger partial charge in [0.05, 0.1) is 37.5 Å². The predicted octanol–water partition coefficient (Wildman–Crippen LogP) is 17.7. The number of carboxylic acid groups (broad SMARTS) is 2. The van der Waals surface area contributed by atoms with Crippen LogP contribution in [-0.2, 0) is 28.7 Å². The van der Waals surface area contributed by atoms with Gasteiger partial charge in [0.15, 0.2) is 0 Å². The molecule has 0 rings (SSSR count). The molecule has 64 heavy (non-hydrogen) atoms. The number of carbonyl (C=O) groups excluding carboxylic acids is 2. The van der Waals surface area contributed by atoms with Gasteiger partial charge in [-0.1, -0.05) is 252 Å². The molecular weight excluding hydrogens is 801 g/mol. The molecule has 2 N–H and O–H groups in total. The summed E-state index contributed by atoms with van der Waals surface area (Å²) in [6.07, 6.45) is 53.7. The van der Waals surface area contributed by atoms with E-state index in [1.807, 2.05) is 12.2 Å². The Balaban J connectivity index is 0. The molecule has 0 fully saturated rings. The van der Waals surface area contributed by atoms with Crippen LogP contribution in [-0.4, -0.2) is 40.7 Å². The average Bonchev–Trinajstić information content (AvgIpc) is 3.27. The maximum Gasteiger partial charge on any atom is 0.314 e. The van der Waals surface area contributed by atoms with E-state index in [-0.39, 0.29) is 31.2 Å². The molecule has 1 unspecified atom stereocenters. The summed E-state index contributed by atoms with van der Waals surface area (Å²) in [6, 6.07) is 0. The van der Waals surface area contributed by atoms with E-state index >= 15 is 0 Å². The minimum Gasteiger partial charge on any atom is -0.481 e. The summed E-state index contributed by atoms with van der Waals surface area (Å²) in [5, 5.41) is 19.2. The molecule has 0 aliphatic carbocycles. The molecule has 8 heteroatoms. The second-order valence-electron chi connectivity index (χ2n) is 18.7. The van der Waals surface area contributed by atoms with Gasteiger partial charge in [-0.05, 0) is 44.6 Å². The highest BCUT2D eigenvalue weighted by molar-refractivity contribution is 5.83. The van der Waals surface area contributed by atoms with Crippen molar-refractivity contribution < 1.29 is 38.9 Å². The van der Waals surface area contributed by atoms with Gasteiger partial charge in [-0.15, -0.1) is 0 Å². The summed E-state index contributed by atoms with van der Waals surface area (Å²) in [4.78, 5) is 46.8. The number of allylic oxidation sites excluding steroid dienone is 2. The first-order valence-electron chi connectivity index (χ1n) is 27.3. The van der Waals surface area contributed by atoms with Gasteiger partial charge in [-0.2, -0.15) is 0 Å². The van der Waals surface area contributed by atoms with Crippen LogP contribution in [0, 0.1) is 5.41 Å². The zero-order valence-corrected chi connectivity index (χ0v) is 42.6. The summed E-state index contributed by atoms with van der Waals surface area (Å²) in [7, 11) is 0. The first kappa shape index (κ1) is 63.4. The lowest BCUT2D eigenvalue weighted by Crippen LogP contribution is -2.31. The van der Waals surface area contributed by atoms with E-state index in [9.17, 15) is 29.4 Å². The molecule has 0 saturated carbocycles. The second kappa shape index (κ2) is 51.3. The SMILES string of the molecule is CCCCCCCCCCC=CC(CCCCCCCCCCCC)(CC(=O)O)C(=O)O.CCCCCCCCCCC=COC(=O)CCC(=O)OCCCCCCCCCCCC. The predicted molar refractivity (Wildman–Crippen MR) is 270 cm³/mol. The minimum absolute atomic E-state index is 0.0823. The number of carboxylic acids is 2. The Morgan fingerprint density at radius 3 is 1.16 bits per heavy atom. The normalized spacial score (nSPS) is 12.3. The Kier molecular flexibility index (Phi) is 50.9. The lowest BCUT2D eigenvalue weighted by atomic mass is 9.78. The standard InChI is InChI=1S/2C28H52O4/c1-3-5-7-9-11-13-15-17-19-21-25-31-27(29)23-24-28(30)32-26-22-20-18-16-14-12-10-8-6-4-2;1-3-5-7-9-11-13-15-17-19-21-23-28(27(31)32,25-26(29)30)24-22-20-18-16-14-12-10-8-6-4-2/h21,25H,3-20,22-24,26H2,1-2H3;21,23H,3-20,22,24-25H2,1-2H3,(H,29,30)(H,31,32). The Morgan fingerprint density at radius 2 is 0.766 bits per heavy atom. The number of rotatable bonds is 48. The highest BCUT2D eigenvalue weighted by atomic mass is 16.5. The van der Waals surface area contributed by atoms with Crippen molar-refractivity contribution in [1.82, 2.24) is 0 Å². The summed E-state index contributed by atoms with van der Waals surface area (Å²) in [5.41, 5.74) is -1.26. The van der Waals surface area contributed by atoms with Crippen LogP contribution in [0.4, 0.5) is 0 Å². The third-order valence-electron chi connectivity index (χ3n) is 12.3. The van der Waals surface area contributed by atoms with Crippen LogP contribution in [0.2, 0.25) is 0 Å². The lowest BCUT2D eigenvalue weighted by molar-refractivity contribution is -0.153. The van der Waals surface area contributed by atoms with E-state index in [1.54, 1.807) is 6.08 Å². The van der Waals surface area contributed by atoms with E-state index in [1.165, 1.54) is 186 Å². The zero-order chi connectivity index (χ0) is 47.5. The van der Waals surface area contributed by atoms with E-state index in [2.05, 4.69) is 27.7 Å². The van der Waals surface area contributed by atoms with Gasteiger partial charge >= 0.3 is 23.9 Å². The molecule has 0 heterocycles. The molecule has 8 nitrogen and oxygen atoms in total. The number of carbonyl (C=O) groups is 4. The van der Waals surface area contributed by atoms with Gasteiger partial charge in [0.25, 0.3) is 0 Å². The largest absolute Gasteiger partial charge is 0.481 e. The lowest BCUT2D eigenvalue weighted by Gasteiger charge is -2.24. The smallest absolute Gasteiger partial charge is 0.314 e. The Bertz CT molecular complexity index is 1100. The van der Waals surface area contributed by atoms with Gasteiger partial charge in [0.2, 0.25) is 0 Å². The van der Waals surface area contributed by atoms with Crippen molar-refractivity contribution in [2.45, 2.75) is 297 Å². The molecule has 0 spiro atoms. The number of esters is 2. The number of ether oxygens (including phenoxy) is 2. The monoisotopic (exact) mass is 905 g/mol. The van der Waals surface area contributed by atoms with Gasteiger partial charge in [-0.3, -0.25) is 19.2 Å². The fourth-order valence-corrected chi connectivity index (χ4v) is 8.09. The molecule has 0 bridgehead atoms. The summed E-state index contributed by atoms with van der Waals surface area (Å²) < 4.78 is 10.3. The van der Waals surface area contributed by atoms with Crippen molar-refractivity contribution in [3.8, 4) is 0 Å². The van der Waals surface area contributed by atoms with Crippen LogP contribution in [0.15, 0.2) is 24.5 Å². The zero-order valence-electron chi connectivity index (χ0n) is 42.6. The van der Waals surface area contributed by atoms with Crippen molar-refractivity contribution in [2.75, 3.05) is 6.61 Å². The van der Waals surface area contributed by atoms with Crippen molar-refractivity contribution in [3.05, 3.63) is 24.5 Å². The van der Waals surface area contributed by atoms with E-state index in [4.69, 9.17) is 9.47 Å². The average molecular weight is 905 g/mol.